The number of rotatable bonds is 6. The highest BCUT2D eigenvalue weighted by Crippen LogP contribution is 2.44. The molecule has 1 heterocycles. The van der Waals surface area contributed by atoms with Gasteiger partial charge in [-0.25, -0.2) is 9.59 Å². The minimum Gasteiger partial charge on any atom is -0.480 e. The van der Waals surface area contributed by atoms with E-state index >= 15 is 0 Å². The van der Waals surface area contributed by atoms with Crippen LogP contribution in [0.15, 0.2) is 54.7 Å². The van der Waals surface area contributed by atoms with Crippen LogP contribution >= 0.6 is 12.2 Å². The smallest absolute Gasteiger partial charge is 0.407 e. The molecule has 148 valence electrons. The van der Waals surface area contributed by atoms with Crippen LogP contribution < -0.4 is 5.32 Å². The molecule has 8 heteroatoms. The van der Waals surface area contributed by atoms with Crippen molar-refractivity contribution in [2.75, 3.05) is 6.61 Å². The van der Waals surface area contributed by atoms with Crippen LogP contribution in [0.2, 0.25) is 0 Å². The lowest BCUT2D eigenvalue weighted by molar-refractivity contribution is -0.139. The number of carboxylic acid groups (broad SMARTS) is 1. The second-order valence-electron chi connectivity index (χ2n) is 6.83. The van der Waals surface area contributed by atoms with E-state index in [2.05, 4.69) is 27.4 Å². The Morgan fingerprint density at radius 3 is 2.28 bits per heavy atom. The summed E-state index contributed by atoms with van der Waals surface area (Å²) in [5.74, 6) is -1.24. The van der Waals surface area contributed by atoms with Crippen LogP contribution in [-0.2, 0) is 16.0 Å². The second kappa shape index (κ2) is 7.92. The highest BCUT2D eigenvalue weighted by molar-refractivity contribution is 7.71. The molecule has 4 rings (SSSR count). The summed E-state index contributed by atoms with van der Waals surface area (Å²) in [6.45, 7) is 0.124. The molecule has 29 heavy (non-hydrogen) atoms. The Morgan fingerprint density at radius 1 is 1.10 bits per heavy atom. The predicted octanol–water partition coefficient (Wildman–Crippen LogP) is 3.61. The van der Waals surface area contributed by atoms with Crippen molar-refractivity contribution in [1.82, 2.24) is 15.3 Å². The molecule has 0 saturated heterocycles. The monoisotopic (exact) mass is 409 g/mol. The van der Waals surface area contributed by atoms with Gasteiger partial charge >= 0.3 is 12.1 Å². The van der Waals surface area contributed by atoms with Crippen LogP contribution in [0.1, 0.15) is 22.7 Å². The first-order valence-electron chi connectivity index (χ1n) is 9.14. The number of alkyl carbamates (subject to hydrolysis) is 1. The van der Waals surface area contributed by atoms with Crippen LogP contribution in [0.25, 0.3) is 11.1 Å². The zero-order valence-electron chi connectivity index (χ0n) is 15.3. The van der Waals surface area contributed by atoms with Crippen molar-refractivity contribution in [3.63, 3.8) is 0 Å². The molecule has 0 aliphatic heterocycles. The lowest BCUT2D eigenvalue weighted by Gasteiger charge is -2.17. The Kier molecular flexibility index (Phi) is 5.18. The summed E-state index contributed by atoms with van der Waals surface area (Å²) in [7, 11) is 0. The van der Waals surface area contributed by atoms with Gasteiger partial charge in [0.2, 0.25) is 0 Å². The first-order chi connectivity index (χ1) is 14.0. The quantitative estimate of drug-likeness (QED) is 0.465. The molecule has 0 bridgehead atoms. The van der Waals surface area contributed by atoms with E-state index in [-0.39, 0.29) is 18.9 Å². The fourth-order valence-corrected chi connectivity index (χ4v) is 3.87. The molecule has 0 fully saturated rings. The minimum atomic E-state index is -1.15. The lowest BCUT2D eigenvalue weighted by atomic mass is 9.98. The third-order valence-electron chi connectivity index (χ3n) is 5.01. The van der Waals surface area contributed by atoms with Crippen LogP contribution in [-0.4, -0.2) is 39.8 Å². The number of aromatic amines is 2. The number of amides is 1. The second-order valence-corrected chi connectivity index (χ2v) is 7.24. The van der Waals surface area contributed by atoms with E-state index in [0.29, 0.717) is 10.5 Å². The molecular formula is C21H19N3O4S. The highest BCUT2D eigenvalue weighted by atomic mass is 32.1. The summed E-state index contributed by atoms with van der Waals surface area (Å²) in [6, 6.07) is 14.9. The number of imidazole rings is 1. The predicted molar refractivity (Wildman–Crippen MR) is 109 cm³/mol. The zero-order chi connectivity index (χ0) is 20.4. The van der Waals surface area contributed by atoms with E-state index in [1.165, 1.54) is 0 Å². The molecule has 0 saturated carbocycles. The van der Waals surface area contributed by atoms with Crippen LogP contribution in [0.5, 0.6) is 0 Å². The molecule has 1 aliphatic carbocycles. The van der Waals surface area contributed by atoms with Gasteiger partial charge in [0, 0.05) is 24.2 Å². The van der Waals surface area contributed by atoms with Gasteiger partial charge in [0.05, 0.1) is 0 Å². The van der Waals surface area contributed by atoms with E-state index in [9.17, 15) is 14.7 Å². The van der Waals surface area contributed by atoms with Crippen LogP contribution in [0.3, 0.4) is 0 Å². The van der Waals surface area contributed by atoms with Crippen molar-refractivity contribution in [3.8, 4) is 11.1 Å². The summed E-state index contributed by atoms with van der Waals surface area (Å²) >= 11 is 4.94. The summed E-state index contributed by atoms with van der Waals surface area (Å²) < 4.78 is 5.81. The molecule has 4 N–H and O–H groups in total. The number of hydrogen-bond acceptors (Lipinski definition) is 4. The number of benzene rings is 2. The minimum absolute atomic E-state index is 0.0622. The van der Waals surface area contributed by atoms with E-state index in [1.54, 1.807) is 6.20 Å². The van der Waals surface area contributed by atoms with Gasteiger partial charge in [-0.15, -0.1) is 0 Å². The molecule has 2 aromatic carbocycles. The van der Waals surface area contributed by atoms with Gasteiger partial charge in [0.15, 0.2) is 4.77 Å². The number of carbonyl (C=O) groups is 2. The molecule has 7 nitrogen and oxygen atoms in total. The number of hydrogen-bond donors (Lipinski definition) is 4. The maximum Gasteiger partial charge on any atom is 0.407 e. The Morgan fingerprint density at radius 2 is 1.72 bits per heavy atom. The highest BCUT2D eigenvalue weighted by Gasteiger charge is 2.29. The average molecular weight is 409 g/mol. The average Bonchev–Trinajstić information content (AvgIpc) is 3.27. The Bertz CT molecular complexity index is 1080. The topological polar surface area (TPSA) is 107 Å². The molecule has 1 amide bonds. The van der Waals surface area contributed by atoms with Crippen molar-refractivity contribution in [1.29, 1.82) is 0 Å². The van der Waals surface area contributed by atoms with Gasteiger partial charge in [-0.2, -0.15) is 0 Å². The number of H-pyrrole nitrogens is 2. The van der Waals surface area contributed by atoms with E-state index in [1.807, 2.05) is 36.4 Å². The van der Waals surface area contributed by atoms with E-state index < -0.39 is 18.1 Å². The fourth-order valence-electron chi connectivity index (χ4n) is 3.68. The van der Waals surface area contributed by atoms with Gasteiger partial charge < -0.3 is 25.1 Å². The molecule has 3 aromatic rings. The van der Waals surface area contributed by atoms with E-state index in [4.69, 9.17) is 17.0 Å². The van der Waals surface area contributed by atoms with Gasteiger partial charge in [-0.3, -0.25) is 0 Å². The first-order valence-corrected chi connectivity index (χ1v) is 9.54. The Hall–Kier alpha value is -3.39. The molecule has 0 radical (unpaired) electrons. The first kappa shape index (κ1) is 18.9. The number of carboxylic acids is 1. The van der Waals surface area contributed by atoms with Gasteiger partial charge in [-0.1, -0.05) is 48.5 Å². The molecule has 0 unspecified atom stereocenters. The van der Waals surface area contributed by atoms with Crippen LogP contribution in [0.4, 0.5) is 4.79 Å². The fraction of sp³-hybridized carbons (Fsp3) is 0.190. The molecule has 1 aliphatic rings. The summed E-state index contributed by atoms with van der Waals surface area (Å²) in [5, 5.41) is 11.8. The van der Waals surface area contributed by atoms with Crippen LogP contribution in [0, 0.1) is 4.77 Å². The normalized spacial score (nSPS) is 13.4. The molecule has 1 aromatic heterocycles. The number of nitrogens with one attached hydrogen (secondary N) is 3. The summed E-state index contributed by atoms with van der Waals surface area (Å²) in [5.41, 5.74) is 5.03. The summed E-state index contributed by atoms with van der Waals surface area (Å²) in [6.07, 6.45) is 0.873. The third kappa shape index (κ3) is 3.93. The number of aliphatic carboxylic acids is 1. The molecule has 1 atom stereocenters. The van der Waals surface area contributed by atoms with Gasteiger partial charge in [0.25, 0.3) is 0 Å². The molecular weight excluding hydrogens is 390 g/mol. The maximum atomic E-state index is 12.3. The molecule has 0 spiro atoms. The SMILES string of the molecule is O=C(N[C@H](Cc1c[nH]c(=S)[nH]1)C(=O)O)OCC1c2ccccc2-c2ccccc21. The van der Waals surface area contributed by atoms with Crippen molar-refractivity contribution >= 4 is 24.3 Å². The third-order valence-corrected chi connectivity index (χ3v) is 5.23. The number of ether oxygens (including phenoxy) is 1. The van der Waals surface area contributed by atoms with Crippen molar-refractivity contribution in [2.24, 2.45) is 0 Å². The van der Waals surface area contributed by atoms with E-state index in [0.717, 1.165) is 22.3 Å². The van der Waals surface area contributed by atoms with Gasteiger partial charge in [-0.05, 0) is 34.5 Å². The zero-order valence-corrected chi connectivity index (χ0v) is 16.2. The summed E-state index contributed by atoms with van der Waals surface area (Å²) in [4.78, 5) is 29.4. The maximum absolute atomic E-state index is 12.3. The van der Waals surface area contributed by atoms with Crippen molar-refractivity contribution in [2.45, 2.75) is 18.4 Å². The van der Waals surface area contributed by atoms with Crippen molar-refractivity contribution < 1.29 is 19.4 Å². The lowest BCUT2D eigenvalue weighted by Crippen LogP contribution is -2.43. The Balaban J connectivity index is 1.44. The largest absolute Gasteiger partial charge is 0.480 e. The number of aromatic nitrogens is 2. The number of fused-ring (bicyclic) bond motifs is 3. The van der Waals surface area contributed by atoms with Crippen molar-refractivity contribution in [3.05, 3.63) is 76.3 Å². The standard InChI is InChI=1S/C21H19N3O4S/c25-19(26)18(9-12-10-22-20(29)23-12)24-21(27)28-11-17-15-7-3-1-5-13(15)14-6-2-4-8-16(14)17/h1-8,10,17-18H,9,11H2,(H,24,27)(H,25,26)(H2,22,23,29)/t18-/m1/s1. The number of carbonyl (C=O) groups excluding carboxylic acids is 1. The van der Waals surface area contributed by atoms with Gasteiger partial charge in [0.1, 0.15) is 12.6 Å². The Labute approximate surface area is 171 Å².